The lowest BCUT2D eigenvalue weighted by Crippen LogP contribution is -1.99. The Morgan fingerprint density at radius 1 is 1.40 bits per heavy atom. The molecular weight excluding hydrogens is 199 g/mol. The fourth-order valence-electron chi connectivity index (χ4n) is 1.43. The molecule has 82 valence electrons. The molecule has 0 aliphatic carbocycles. The molecule has 1 aromatic carbocycles. The number of carbonyl (C=O) groups excluding carboxylic acids is 1. The zero-order valence-corrected chi connectivity index (χ0v) is 8.75. The van der Waals surface area contributed by atoms with Crippen molar-refractivity contribution in [1.82, 2.24) is 0 Å². The summed E-state index contributed by atoms with van der Waals surface area (Å²) in [5, 5.41) is 0. The first-order valence-electron chi connectivity index (χ1n) is 4.50. The van der Waals surface area contributed by atoms with Gasteiger partial charge in [-0.05, 0) is 17.7 Å². The summed E-state index contributed by atoms with van der Waals surface area (Å²) in [5.74, 6) is -0.342. The normalized spacial score (nSPS) is 10.1. The number of hydrogen-bond donors (Lipinski definition) is 0. The second-order valence-electron chi connectivity index (χ2n) is 3.07. The van der Waals surface area contributed by atoms with Gasteiger partial charge in [-0.3, -0.25) is 0 Å². The number of rotatable bonds is 5. The Kier molecular flexibility index (Phi) is 4.24. The Hall–Kier alpha value is -1.42. The SMILES string of the molecule is COCc1cc(F)c(OC)c(CC=O)c1. The van der Waals surface area contributed by atoms with E-state index in [0.29, 0.717) is 24.0 Å². The molecule has 0 bridgehead atoms. The second kappa shape index (κ2) is 5.46. The summed E-state index contributed by atoms with van der Waals surface area (Å²) in [5.41, 5.74) is 1.23. The largest absolute Gasteiger partial charge is 0.493 e. The van der Waals surface area contributed by atoms with Crippen LogP contribution in [0.1, 0.15) is 11.1 Å². The third-order valence-electron chi connectivity index (χ3n) is 2.00. The number of benzene rings is 1. The van der Waals surface area contributed by atoms with E-state index in [-0.39, 0.29) is 12.2 Å². The predicted octanol–water partition coefficient (Wildman–Crippen LogP) is 1.72. The van der Waals surface area contributed by atoms with E-state index in [1.165, 1.54) is 20.3 Å². The molecule has 0 unspecified atom stereocenters. The van der Waals surface area contributed by atoms with E-state index in [9.17, 15) is 9.18 Å². The second-order valence-corrected chi connectivity index (χ2v) is 3.07. The number of halogens is 1. The van der Waals surface area contributed by atoms with E-state index >= 15 is 0 Å². The van der Waals surface area contributed by atoms with Crippen molar-refractivity contribution < 1.29 is 18.7 Å². The van der Waals surface area contributed by atoms with Crippen molar-refractivity contribution in [3.05, 3.63) is 29.1 Å². The van der Waals surface area contributed by atoms with E-state index in [1.54, 1.807) is 6.07 Å². The lowest BCUT2D eigenvalue weighted by molar-refractivity contribution is -0.107. The molecule has 0 aromatic heterocycles. The Balaban J connectivity index is 3.12. The van der Waals surface area contributed by atoms with Crippen LogP contribution in [0.15, 0.2) is 12.1 Å². The van der Waals surface area contributed by atoms with Crippen LogP contribution in [0.2, 0.25) is 0 Å². The summed E-state index contributed by atoms with van der Waals surface area (Å²) in [4.78, 5) is 10.4. The summed E-state index contributed by atoms with van der Waals surface area (Å²) in [6.45, 7) is 0.312. The van der Waals surface area contributed by atoms with Gasteiger partial charge in [0.25, 0.3) is 0 Å². The van der Waals surface area contributed by atoms with Gasteiger partial charge >= 0.3 is 0 Å². The van der Waals surface area contributed by atoms with Gasteiger partial charge in [0, 0.05) is 19.1 Å². The summed E-state index contributed by atoms with van der Waals surface area (Å²) in [7, 11) is 2.91. The van der Waals surface area contributed by atoms with E-state index in [2.05, 4.69) is 0 Å². The molecule has 1 aromatic rings. The molecule has 0 aliphatic heterocycles. The van der Waals surface area contributed by atoms with Crippen molar-refractivity contribution in [2.75, 3.05) is 14.2 Å². The van der Waals surface area contributed by atoms with Crippen LogP contribution < -0.4 is 4.74 Å². The first-order chi connectivity index (χ1) is 7.22. The van der Waals surface area contributed by atoms with E-state index in [4.69, 9.17) is 9.47 Å². The summed E-state index contributed by atoms with van der Waals surface area (Å²) < 4.78 is 23.2. The predicted molar refractivity (Wildman–Crippen MR) is 53.4 cm³/mol. The minimum atomic E-state index is -0.469. The van der Waals surface area contributed by atoms with Crippen LogP contribution >= 0.6 is 0 Å². The van der Waals surface area contributed by atoms with Gasteiger partial charge in [-0.1, -0.05) is 0 Å². The van der Waals surface area contributed by atoms with Crippen LogP contribution in [0.25, 0.3) is 0 Å². The number of hydrogen-bond acceptors (Lipinski definition) is 3. The molecule has 0 aliphatic rings. The van der Waals surface area contributed by atoms with Gasteiger partial charge in [0.2, 0.25) is 0 Å². The molecule has 4 heteroatoms. The lowest BCUT2D eigenvalue weighted by atomic mass is 10.1. The van der Waals surface area contributed by atoms with Gasteiger partial charge in [-0.25, -0.2) is 4.39 Å². The third-order valence-corrected chi connectivity index (χ3v) is 2.00. The van der Waals surface area contributed by atoms with Gasteiger partial charge in [-0.15, -0.1) is 0 Å². The van der Waals surface area contributed by atoms with Crippen molar-refractivity contribution in [3.63, 3.8) is 0 Å². The monoisotopic (exact) mass is 212 g/mol. The third kappa shape index (κ3) is 2.76. The molecule has 1 rings (SSSR count). The van der Waals surface area contributed by atoms with Crippen LogP contribution in [0.3, 0.4) is 0 Å². The molecule has 3 nitrogen and oxygen atoms in total. The molecule has 0 saturated carbocycles. The van der Waals surface area contributed by atoms with Crippen LogP contribution in [-0.2, 0) is 22.6 Å². The first kappa shape index (κ1) is 11.7. The number of methoxy groups -OCH3 is 2. The maximum atomic E-state index is 13.5. The van der Waals surface area contributed by atoms with E-state index in [0.717, 1.165) is 0 Å². The maximum Gasteiger partial charge on any atom is 0.165 e. The fourth-order valence-corrected chi connectivity index (χ4v) is 1.43. The maximum absolute atomic E-state index is 13.5. The Morgan fingerprint density at radius 2 is 2.13 bits per heavy atom. The molecular formula is C11H13FO3. The molecule has 0 atom stereocenters. The minimum Gasteiger partial charge on any atom is -0.493 e. The molecule has 0 saturated heterocycles. The molecule has 0 heterocycles. The van der Waals surface area contributed by atoms with Crippen molar-refractivity contribution in [2.45, 2.75) is 13.0 Å². The summed E-state index contributed by atoms with van der Waals surface area (Å²) in [6.07, 6.45) is 0.853. The zero-order valence-electron chi connectivity index (χ0n) is 8.75. The van der Waals surface area contributed by atoms with Crippen molar-refractivity contribution >= 4 is 6.29 Å². The van der Waals surface area contributed by atoms with E-state index < -0.39 is 5.82 Å². The van der Waals surface area contributed by atoms with Gasteiger partial charge < -0.3 is 14.3 Å². The summed E-state index contributed by atoms with van der Waals surface area (Å²) >= 11 is 0. The lowest BCUT2D eigenvalue weighted by Gasteiger charge is -2.09. The highest BCUT2D eigenvalue weighted by Crippen LogP contribution is 2.24. The van der Waals surface area contributed by atoms with Crippen molar-refractivity contribution in [3.8, 4) is 5.75 Å². The quantitative estimate of drug-likeness (QED) is 0.697. The smallest absolute Gasteiger partial charge is 0.165 e. The topological polar surface area (TPSA) is 35.5 Å². The van der Waals surface area contributed by atoms with Gasteiger partial charge in [-0.2, -0.15) is 0 Å². The van der Waals surface area contributed by atoms with Crippen molar-refractivity contribution in [1.29, 1.82) is 0 Å². The van der Waals surface area contributed by atoms with Crippen LogP contribution in [0, 0.1) is 5.82 Å². The highest BCUT2D eigenvalue weighted by atomic mass is 19.1. The molecule has 0 spiro atoms. The molecule has 0 radical (unpaired) electrons. The van der Waals surface area contributed by atoms with E-state index in [1.807, 2.05) is 0 Å². The van der Waals surface area contributed by atoms with Crippen molar-refractivity contribution in [2.24, 2.45) is 0 Å². The van der Waals surface area contributed by atoms with Crippen LogP contribution in [0.4, 0.5) is 4.39 Å². The first-order valence-corrected chi connectivity index (χ1v) is 4.50. The number of carbonyl (C=O) groups is 1. The fraction of sp³-hybridized carbons (Fsp3) is 0.364. The average Bonchev–Trinajstić information content (AvgIpc) is 2.18. The molecule has 15 heavy (non-hydrogen) atoms. The zero-order chi connectivity index (χ0) is 11.3. The number of aldehydes is 1. The van der Waals surface area contributed by atoms with Gasteiger partial charge in [0.1, 0.15) is 6.29 Å². The molecule has 0 N–H and O–H groups in total. The minimum absolute atomic E-state index is 0.127. The highest BCUT2D eigenvalue weighted by Gasteiger charge is 2.11. The van der Waals surface area contributed by atoms with Gasteiger partial charge in [0.05, 0.1) is 13.7 Å². The highest BCUT2D eigenvalue weighted by molar-refractivity contribution is 5.58. The molecule has 0 amide bonds. The standard InChI is InChI=1S/C11H13FO3/c1-14-7-8-5-9(3-4-13)11(15-2)10(12)6-8/h4-6H,3,7H2,1-2H3. The van der Waals surface area contributed by atoms with Crippen LogP contribution in [0.5, 0.6) is 5.75 Å². The summed E-state index contributed by atoms with van der Waals surface area (Å²) in [6, 6.07) is 3.05. The Morgan fingerprint density at radius 3 is 2.67 bits per heavy atom. The molecule has 0 fully saturated rings. The Bertz CT molecular complexity index is 350. The van der Waals surface area contributed by atoms with Crippen LogP contribution in [-0.4, -0.2) is 20.5 Å². The average molecular weight is 212 g/mol. The Labute approximate surface area is 87.8 Å². The van der Waals surface area contributed by atoms with Gasteiger partial charge in [0.15, 0.2) is 11.6 Å². The number of ether oxygens (including phenoxy) is 2.